The van der Waals surface area contributed by atoms with Crippen molar-refractivity contribution in [2.75, 3.05) is 0 Å². The summed E-state index contributed by atoms with van der Waals surface area (Å²) in [6.07, 6.45) is 1.06. The largest absolute Gasteiger partial charge is 0.508 e. The Balaban J connectivity index is 2.10. The molecule has 122 valence electrons. The topological polar surface area (TPSA) is 114 Å². The fourth-order valence-corrected chi connectivity index (χ4v) is 2.50. The van der Waals surface area contributed by atoms with E-state index in [9.17, 15) is 20.3 Å². The lowest BCUT2D eigenvalue weighted by Crippen LogP contribution is -1.98. The average molecular weight is 332 g/mol. The van der Waals surface area contributed by atoms with Gasteiger partial charge in [-0.1, -0.05) is 24.3 Å². The molecule has 0 unspecified atom stereocenters. The van der Waals surface area contributed by atoms with Gasteiger partial charge in [-0.2, -0.15) is 5.26 Å². The van der Waals surface area contributed by atoms with Crippen molar-refractivity contribution >= 4 is 5.97 Å². The summed E-state index contributed by atoms with van der Waals surface area (Å²) in [6, 6.07) is 14.9. The van der Waals surface area contributed by atoms with Gasteiger partial charge in [0.25, 0.3) is 0 Å². The normalized spacial score (nSPS) is 10.2. The Morgan fingerprint density at radius 1 is 1.04 bits per heavy atom. The summed E-state index contributed by atoms with van der Waals surface area (Å²) >= 11 is 0. The van der Waals surface area contributed by atoms with Crippen LogP contribution in [0.2, 0.25) is 0 Å². The van der Waals surface area contributed by atoms with Crippen LogP contribution < -0.4 is 0 Å². The van der Waals surface area contributed by atoms with Gasteiger partial charge in [-0.05, 0) is 35.4 Å². The van der Waals surface area contributed by atoms with Gasteiger partial charge in [-0.15, -0.1) is 0 Å². The van der Waals surface area contributed by atoms with E-state index in [2.05, 4.69) is 11.1 Å². The van der Waals surface area contributed by atoms with E-state index >= 15 is 0 Å². The van der Waals surface area contributed by atoms with E-state index in [1.807, 2.05) is 0 Å². The van der Waals surface area contributed by atoms with Crippen LogP contribution in [-0.4, -0.2) is 26.3 Å². The fourth-order valence-electron chi connectivity index (χ4n) is 2.50. The first-order valence-corrected chi connectivity index (χ1v) is 7.26. The highest BCUT2D eigenvalue weighted by Gasteiger charge is 2.14. The smallest absolute Gasteiger partial charge is 0.339 e. The summed E-state index contributed by atoms with van der Waals surface area (Å²) in [5.74, 6) is -1.59. The molecule has 25 heavy (non-hydrogen) atoms. The van der Waals surface area contributed by atoms with Gasteiger partial charge in [0, 0.05) is 5.56 Å². The van der Waals surface area contributed by atoms with Gasteiger partial charge in [-0.25, -0.2) is 4.79 Å². The molecule has 0 aliphatic heterocycles. The fraction of sp³-hybridized carbons (Fsp3) is 0. The molecule has 1 aromatic heterocycles. The molecule has 0 aliphatic carbocycles. The third kappa shape index (κ3) is 3.12. The number of benzene rings is 2. The van der Waals surface area contributed by atoms with Crippen molar-refractivity contribution in [3.8, 4) is 40.0 Å². The maximum absolute atomic E-state index is 11.1. The number of aromatic carboxylic acids is 1. The summed E-state index contributed by atoms with van der Waals surface area (Å²) in [7, 11) is 0. The minimum atomic E-state index is -1.27. The van der Waals surface area contributed by atoms with Crippen molar-refractivity contribution in [3.63, 3.8) is 0 Å². The number of phenols is 1. The molecule has 0 saturated carbocycles. The van der Waals surface area contributed by atoms with Crippen LogP contribution in [0.4, 0.5) is 0 Å². The van der Waals surface area contributed by atoms with Crippen LogP contribution in [0, 0.1) is 11.3 Å². The quantitative estimate of drug-likeness (QED) is 0.677. The predicted molar refractivity (Wildman–Crippen MR) is 90.1 cm³/mol. The predicted octanol–water partition coefficient (Wildman–Crippen LogP) is 3.40. The van der Waals surface area contributed by atoms with Crippen molar-refractivity contribution < 1.29 is 20.1 Å². The highest BCUT2D eigenvalue weighted by molar-refractivity contribution is 5.92. The zero-order valence-corrected chi connectivity index (χ0v) is 12.8. The number of nitriles is 1. The van der Waals surface area contributed by atoms with Crippen molar-refractivity contribution in [1.82, 2.24) is 4.98 Å². The second-order valence-electron chi connectivity index (χ2n) is 5.31. The first-order valence-electron chi connectivity index (χ1n) is 7.26. The molecule has 6 nitrogen and oxygen atoms in total. The van der Waals surface area contributed by atoms with Crippen molar-refractivity contribution in [2.24, 2.45) is 0 Å². The molecule has 3 rings (SSSR count). The lowest BCUT2D eigenvalue weighted by Gasteiger charge is -2.09. The number of carboxylic acid groups (broad SMARTS) is 1. The van der Waals surface area contributed by atoms with Gasteiger partial charge in [0.05, 0.1) is 23.5 Å². The Kier molecular flexibility index (Phi) is 4.06. The van der Waals surface area contributed by atoms with Gasteiger partial charge >= 0.3 is 5.97 Å². The van der Waals surface area contributed by atoms with Crippen LogP contribution in [0.5, 0.6) is 11.5 Å². The lowest BCUT2D eigenvalue weighted by atomic mass is 9.96. The van der Waals surface area contributed by atoms with Gasteiger partial charge in [0.2, 0.25) is 0 Å². The van der Waals surface area contributed by atoms with E-state index in [1.54, 1.807) is 36.4 Å². The Morgan fingerprint density at radius 3 is 2.52 bits per heavy atom. The van der Waals surface area contributed by atoms with Crippen molar-refractivity contribution in [3.05, 3.63) is 65.9 Å². The van der Waals surface area contributed by atoms with Crippen LogP contribution in [0.1, 0.15) is 15.9 Å². The molecule has 0 amide bonds. The summed E-state index contributed by atoms with van der Waals surface area (Å²) in [5, 5.41) is 37.7. The molecule has 0 bridgehead atoms. The Labute approximate surface area is 142 Å². The monoisotopic (exact) mass is 332 g/mol. The molecule has 1 heterocycles. The molecule has 6 heteroatoms. The van der Waals surface area contributed by atoms with E-state index < -0.39 is 11.7 Å². The maximum atomic E-state index is 11.1. The molecule has 0 spiro atoms. The summed E-state index contributed by atoms with van der Waals surface area (Å²) in [6.45, 7) is 0. The van der Waals surface area contributed by atoms with Gasteiger partial charge < -0.3 is 15.3 Å². The molecule has 0 fully saturated rings. The number of aromatic nitrogens is 1. The average Bonchev–Trinajstić information content (AvgIpc) is 2.61. The number of pyridine rings is 1. The molecule has 0 saturated heterocycles. The standard InChI is InChI=1S/C19H12N2O4/c20-9-13-6-12(17-8-16(19(24)25)18(23)10-21-17)4-5-15(13)11-2-1-3-14(22)7-11/h1-8,10,22-23H,(H,24,25). The maximum Gasteiger partial charge on any atom is 0.339 e. The highest BCUT2D eigenvalue weighted by atomic mass is 16.4. The Morgan fingerprint density at radius 2 is 1.84 bits per heavy atom. The van der Waals surface area contributed by atoms with Crippen molar-refractivity contribution in [1.29, 1.82) is 5.26 Å². The van der Waals surface area contributed by atoms with E-state index in [1.165, 1.54) is 12.1 Å². The van der Waals surface area contributed by atoms with Gasteiger partial charge in [-0.3, -0.25) is 4.98 Å². The Hall–Kier alpha value is -3.85. The van der Waals surface area contributed by atoms with Crippen LogP contribution in [-0.2, 0) is 0 Å². The van der Waals surface area contributed by atoms with Crippen LogP contribution in [0.15, 0.2) is 54.7 Å². The number of rotatable bonds is 3. The number of phenolic OH excluding ortho intramolecular Hbond substituents is 1. The highest BCUT2D eigenvalue weighted by Crippen LogP contribution is 2.30. The van der Waals surface area contributed by atoms with E-state index in [-0.39, 0.29) is 11.3 Å². The number of hydrogen-bond donors (Lipinski definition) is 3. The lowest BCUT2D eigenvalue weighted by molar-refractivity contribution is 0.0693. The number of hydrogen-bond acceptors (Lipinski definition) is 5. The molecule has 0 atom stereocenters. The minimum absolute atomic E-state index is 0.0942. The molecule has 0 radical (unpaired) electrons. The number of nitrogens with zero attached hydrogens (tertiary/aromatic N) is 2. The number of carboxylic acids is 1. The van der Waals surface area contributed by atoms with E-state index in [0.717, 1.165) is 6.20 Å². The summed E-state index contributed by atoms with van der Waals surface area (Å²) in [5.41, 5.74) is 2.29. The van der Waals surface area contributed by atoms with E-state index in [0.29, 0.717) is 27.9 Å². The minimum Gasteiger partial charge on any atom is -0.508 e. The Bertz CT molecular complexity index is 1020. The third-order valence-electron chi connectivity index (χ3n) is 3.71. The number of carbonyl (C=O) groups is 1. The molecular weight excluding hydrogens is 320 g/mol. The number of aromatic hydroxyl groups is 2. The van der Waals surface area contributed by atoms with Crippen LogP contribution in [0.25, 0.3) is 22.4 Å². The summed E-state index contributed by atoms with van der Waals surface area (Å²) in [4.78, 5) is 15.2. The van der Waals surface area contributed by atoms with Gasteiger partial charge in [0.1, 0.15) is 17.1 Å². The molecule has 3 N–H and O–H groups in total. The SMILES string of the molecule is N#Cc1cc(-c2cc(C(=O)O)c(O)cn2)ccc1-c1cccc(O)c1. The zero-order chi connectivity index (χ0) is 18.0. The molecule has 3 aromatic rings. The second kappa shape index (κ2) is 6.34. The second-order valence-corrected chi connectivity index (χ2v) is 5.31. The molecular formula is C19H12N2O4. The molecule has 0 aliphatic rings. The molecule has 2 aromatic carbocycles. The van der Waals surface area contributed by atoms with Crippen LogP contribution >= 0.6 is 0 Å². The van der Waals surface area contributed by atoms with E-state index in [4.69, 9.17) is 5.11 Å². The van der Waals surface area contributed by atoms with Gasteiger partial charge in [0.15, 0.2) is 0 Å². The third-order valence-corrected chi connectivity index (χ3v) is 3.71. The first kappa shape index (κ1) is 16.0. The van der Waals surface area contributed by atoms with Crippen molar-refractivity contribution in [2.45, 2.75) is 0 Å². The zero-order valence-electron chi connectivity index (χ0n) is 12.8. The first-order chi connectivity index (χ1) is 12.0. The summed E-state index contributed by atoms with van der Waals surface area (Å²) < 4.78 is 0. The van der Waals surface area contributed by atoms with Crippen LogP contribution in [0.3, 0.4) is 0 Å².